The lowest BCUT2D eigenvalue weighted by molar-refractivity contribution is -0.137. The molecule has 0 bridgehead atoms. The number of hydrogen-bond acceptors (Lipinski definition) is 4. The van der Waals surface area contributed by atoms with Crippen LogP contribution in [-0.4, -0.2) is 30.3 Å². The van der Waals surface area contributed by atoms with E-state index in [1.165, 1.54) is 19.6 Å². The summed E-state index contributed by atoms with van der Waals surface area (Å²) in [5.41, 5.74) is 4.89. The molecular weight excluding hydrogens is 349 g/mol. The van der Waals surface area contributed by atoms with Crippen molar-refractivity contribution in [1.29, 1.82) is 0 Å². The lowest BCUT2D eigenvalue weighted by Crippen LogP contribution is -2.44. The monoisotopic (exact) mass is 374 g/mol. The number of alkyl halides is 3. The molecule has 2 atom stereocenters. The Labute approximate surface area is 150 Å². The van der Waals surface area contributed by atoms with Crippen LogP contribution in [0.5, 0.6) is 5.75 Å². The number of methoxy groups -OCH3 is 1. The molecular formula is C18H25F3N2O3. The Morgan fingerprint density at radius 1 is 1.31 bits per heavy atom. The standard InChI is InChI=1S/C18H25F3N2O3/c1-26-14-9-12(18(19,20)21)8-13(10-14)23-17(25)16(24)15(22)7-11-5-3-2-4-6-11/h8-11,15-16,24H,2-7,22H2,1H3,(H,23,25)/t15-,16?/m1/s1. The molecule has 0 radical (unpaired) electrons. The number of nitrogens with one attached hydrogen (secondary N) is 1. The fraction of sp³-hybridized carbons (Fsp3) is 0.611. The zero-order valence-electron chi connectivity index (χ0n) is 14.7. The molecule has 0 saturated heterocycles. The number of ether oxygens (including phenoxy) is 1. The quantitative estimate of drug-likeness (QED) is 0.713. The van der Waals surface area contributed by atoms with Gasteiger partial charge in [-0.1, -0.05) is 32.1 Å². The Morgan fingerprint density at radius 3 is 2.54 bits per heavy atom. The third-order valence-corrected chi connectivity index (χ3v) is 4.74. The summed E-state index contributed by atoms with van der Waals surface area (Å²) >= 11 is 0. The second-order valence-corrected chi connectivity index (χ2v) is 6.79. The number of benzene rings is 1. The highest BCUT2D eigenvalue weighted by Gasteiger charge is 2.32. The number of rotatable bonds is 6. The largest absolute Gasteiger partial charge is 0.497 e. The van der Waals surface area contributed by atoms with Crippen molar-refractivity contribution < 1.29 is 27.8 Å². The molecule has 0 aromatic heterocycles. The molecule has 1 saturated carbocycles. The predicted octanol–water partition coefficient (Wildman–Crippen LogP) is 3.31. The van der Waals surface area contributed by atoms with Crippen LogP contribution in [0.1, 0.15) is 44.1 Å². The van der Waals surface area contributed by atoms with E-state index in [0.717, 1.165) is 37.8 Å². The number of halogens is 3. The zero-order valence-corrected chi connectivity index (χ0v) is 14.7. The van der Waals surface area contributed by atoms with Gasteiger partial charge in [0.15, 0.2) is 0 Å². The van der Waals surface area contributed by atoms with Gasteiger partial charge in [0, 0.05) is 17.8 Å². The molecule has 1 aromatic rings. The minimum Gasteiger partial charge on any atom is -0.497 e. The van der Waals surface area contributed by atoms with Crippen molar-refractivity contribution >= 4 is 11.6 Å². The summed E-state index contributed by atoms with van der Waals surface area (Å²) in [6.07, 6.45) is -0.0958. The van der Waals surface area contributed by atoms with E-state index in [0.29, 0.717) is 12.3 Å². The molecule has 1 aliphatic carbocycles. The van der Waals surface area contributed by atoms with Crippen molar-refractivity contribution in [2.45, 2.75) is 56.8 Å². The number of carbonyl (C=O) groups excluding carboxylic acids is 1. The van der Waals surface area contributed by atoms with Gasteiger partial charge in [0.1, 0.15) is 11.9 Å². The average molecular weight is 374 g/mol. The summed E-state index contributed by atoms with van der Waals surface area (Å²) in [6.45, 7) is 0. The van der Waals surface area contributed by atoms with Crippen LogP contribution in [0.3, 0.4) is 0 Å². The topological polar surface area (TPSA) is 84.6 Å². The molecule has 5 nitrogen and oxygen atoms in total. The summed E-state index contributed by atoms with van der Waals surface area (Å²) in [7, 11) is 1.23. The molecule has 26 heavy (non-hydrogen) atoms. The van der Waals surface area contributed by atoms with Crippen molar-refractivity contribution in [3.8, 4) is 5.75 Å². The Bertz CT molecular complexity index is 616. The van der Waals surface area contributed by atoms with Crippen LogP contribution >= 0.6 is 0 Å². The van der Waals surface area contributed by atoms with E-state index in [1.807, 2.05) is 0 Å². The van der Waals surface area contributed by atoms with E-state index in [-0.39, 0.29) is 11.4 Å². The van der Waals surface area contributed by atoms with Gasteiger partial charge in [-0.3, -0.25) is 4.79 Å². The third-order valence-electron chi connectivity index (χ3n) is 4.74. The second-order valence-electron chi connectivity index (χ2n) is 6.79. The maximum Gasteiger partial charge on any atom is 0.416 e. The van der Waals surface area contributed by atoms with Gasteiger partial charge in [-0.25, -0.2) is 0 Å². The van der Waals surface area contributed by atoms with Crippen LogP contribution in [0, 0.1) is 5.92 Å². The van der Waals surface area contributed by atoms with Crippen molar-refractivity contribution in [2.24, 2.45) is 11.7 Å². The number of amides is 1. The van der Waals surface area contributed by atoms with E-state index >= 15 is 0 Å². The van der Waals surface area contributed by atoms with Crippen molar-refractivity contribution in [3.05, 3.63) is 23.8 Å². The first-order chi connectivity index (χ1) is 12.2. The van der Waals surface area contributed by atoms with Crippen molar-refractivity contribution in [1.82, 2.24) is 0 Å². The van der Waals surface area contributed by atoms with Crippen LogP contribution in [0.25, 0.3) is 0 Å². The van der Waals surface area contributed by atoms with Gasteiger partial charge in [0.25, 0.3) is 5.91 Å². The second kappa shape index (κ2) is 8.73. The molecule has 0 spiro atoms. The number of aliphatic hydroxyl groups excluding tert-OH is 1. The zero-order chi connectivity index (χ0) is 19.3. The lowest BCUT2D eigenvalue weighted by atomic mass is 9.84. The molecule has 8 heteroatoms. The molecule has 0 aliphatic heterocycles. The maximum absolute atomic E-state index is 12.9. The number of carbonyl (C=O) groups is 1. The Hall–Kier alpha value is -1.80. The number of hydrogen-bond donors (Lipinski definition) is 3. The smallest absolute Gasteiger partial charge is 0.416 e. The third kappa shape index (κ3) is 5.60. The number of aliphatic hydroxyl groups is 1. The van der Waals surface area contributed by atoms with Crippen LogP contribution in [0.4, 0.5) is 18.9 Å². The lowest BCUT2D eigenvalue weighted by Gasteiger charge is -2.26. The SMILES string of the molecule is COc1cc(NC(=O)C(O)[C@H](N)CC2CCCCC2)cc(C(F)(F)F)c1. The summed E-state index contributed by atoms with van der Waals surface area (Å²) < 4.78 is 43.6. The molecule has 4 N–H and O–H groups in total. The molecule has 0 heterocycles. The minimum atomic E-state index is -4.58. The predicted molar refractivity (Wildman–Crippen MR) is 91.8 cm³/mol. The average Bonchev–Trinajstić information content (AvgIpc) is 2.60. The molecule has 2 rings (SSSR count). The minimum absolute atomic E-state index is 0.0453. The van der Waals surface area contributed by atoms with Crippen molar-refractivity contribution in [2.75, 3.05) is 12.4 Å². The van der Waals surface area contributed by atoms with Gasteiger partial charge in [-0.2, -0.15) is 13.2 Å². The maximum atomic E-state index is 12.9. The van der Waals surface area contributed by atoms with E-state index < -0.39 is 29.8 Å². The number of anilines is 1. The van der Waals surface area contributed by atoms with Gasteiger partial charge >= 0.3 is 6.18 Å². The summed E-state index contributed by atoms with van der Waals surface area (Å²) in [4.78, 5) is 12.2. The Kier molecular flexibility index (Phi) is 6.88. The van der Waals surface area contributed by atoms with E-state index in [9.17, 15) is 23.1 Å². The molecule has 146 valence electrons. The summed E-state index contributed by atoms with van der Waals surface area (Å²) in [5, 5.41) is 12.4. The highest BCUT2D eigenvalue weighted by atomic mass is 19.4. The molecule has 1 aliphatic rings. The molecule has 1 aromatic carbocycles. The first-order valence-corrected chi connectivity index (χ1v) is 8.71. The number of nitrogens with two attached hydrogens (primary N) is 1. The van der Waals surface area contributed by atoms with Crippen LogP contribution < -0.4 is 15.8 Å². The van der Waals surface area contributed by atoms with Crippen molar-refractivity contribution in [3.63, 3.8) is 0 Å². The van der Waals surface area contributed by atoms with E-state index in [1.54, 1.807) is 0 Å². The van der Waals surface area contributed by atoms with Crippen LogP contribution in [0.15, 0.2) is 18.2 Å². The highest BCUT2D eigenvalue weighted by molar-refractivity contribution is 5.94. The Balaban J connectivity index is 2.03. The first kappa shape index (κ1) is 20.5. The molecule has 1 amide bonds. The van der Waals surface area contributed by atoms with E-state index in [4.69, 9.17) is 10.5 Å². The normalized spacial score (nSPS) is 18.2. The van der Waals surface area contributed by atoms with Crippen LogP contribution in [-0.2, 0) is 11.0 Å². The fourth-order valence-electron chi connectivity index (χ4n) is 3.30. The first-order valence-electron chi connectivity index (χ1n) is 8.71. The van der Waals surface area contributed by atoms with Gasteiger partial charge in [0.05, 0.1) is 12.7 Å². The Morgan fingerprint density at radius 2 is 1.96 bits per heavy atom. The highest BCUT2D eigenvalue weighted by Crippen LogP contribution is 2.34. The molecule has 1 unspecified atom stereocenters. The van der Waals surface area contributed by atoms with Gasteiger partial charge < -0.3 is 20.9 Å². The fourth-order valence-corrected chi connectivity index (χ4v) is 3.30. The molecule has 1 fully saturated rings. The summed E-state index contributed by atoms with van der Waals surface area (Å²) in [6, 6.07) is 2.12. The van der Waals surface area contributed by atoms with Gasteiger partial charge in [-0.05, 0) is 24.5 Å². The summed E-state index contributed by atoms with van der Waals surface area (Å²) in [5.74, 6) is -0.499. The van der Waals surface area contributed by atoms with E-state index in [2.05, 4.69) is 5.32 Å². The van der Waals surface area contributed by atoms with Gasteiger partial charge in [-0.15, -0.1) is 0 Å². The van der Waals surface area contributed by atoms with Crippen LogP contribution in [0.2, 0.25) is 0 Å². The van der Waals surface area contributed by atoms with Gasteiger partial charge in [0.2, 0.25) is 0 Å².